The molecule has 170 valence electrons. The van der Waals surface area contributed by atoms with Crippen LogP contribution >= 0.6 is 0 Å². The van der Waals surface area contributed by atoms with Gasteiger partial charge in [0.15, 0.2) is 0 Å². The molecule has 0 radical (unpaired) electrons. The summed E-state index contributed by atoms with van der Waals surface area (Å²) in [6, 6.07) is 6.42. The summed E-state index contributed by atoms with van der Waals surface area (Å²) in [5.74, 6) is -0.0245. The minimum Gasteiger partial charge on any atom is -0.492 e. The van der Waals surface area contributed by atoms with Crippen LogP contribution in [0.4, 0.5) is 5.69 Å². The molecule has 0 aliphatic carbocycles. The number of piperidine rings is 1. The minimum absolute atomic E-state index is 0.0372. The number of hydrogen-bond donors (Lipinski definition) is 1. The predicted molar refractivity (Wildman–Crippen MR) is 118 cm³/mol. The maximum Gasteiger partial charge on any atom is 0.295 e. The van der Waals surface area contributed by atoms with Gasteiger partial charge in [-0.25, -0.2) is 17.9 Å². The maximum atomic E-state index is 13.3. The standard InChI is InChI=1S/C21H26N6O4S/c1-4-31-17-9-8-16(13-18(17)32(29,30)26-10-6-5-7-11-26)23-20(28)19-24-21-22-14(2)12-15(3)27(21)25-19/h8-9,12-13H,4-7,10-11H2,1-3H3,(H,23,28). The highest BCUT2D eigenvalue weighted by Gasteiger charge is 2.29. The highest BCUT2D eigenvalue weighted by atomic mass is 32.2. The fraction of sp³-hybridized carbons (Fsp3) is 0.429. The van der Waals surface area contributed by atoms with E-state index in [1.807, 2.05) is 19.9 Å². The van der Waals surface area contributed by atoms with Crippen molar-refractivity contribution in [3.8, 4) is 5.75 Å². The largest absolute Gasteiger partial charge is 0.492 e. The molecule has 1 aliphatic heterocycles. The number of aryl methyl sites for hydroxylation is 2. The average Bonchev–Trinajstić information content (AvgIpc) is 3.20. The molecule has 1 aliphatic rings. The number of carbonyl (C=O) groups is 1. The Hall–Kier alpha value is -3.05. The van der Waals surface area contributed by atoms with Gasteiger partial charge in [0.2, 0.25) is 15.8 Å². The van der Waals surface area contributed by atoms with Crippen LogP contribution in [0.2, 0.25) is 0 Å². The summed E-state index contributed by atoms with van der Waals surface area (Å²) < 4.78 is 35.1. The van der Waals surface area contributed by atoms with E-state index in [0.717, 1.165) is 30.7 Å². The maximum absolute atomic E-state index is 13.3. The van der Waals surface area contributed by atoms with Crippen molar-refractivity contribution in [2.24, 2.45) is 0 Å². The zero-order valence-corrected chi connectivity index (χ0v) is 19.1. The van der Waals surface area contributed by atoms with Crippen LogP contribution in [-0.2, 0) is 10.0 Å². The fourth-order valence-corrected chi connectivity index (χ4v) is 5.43. The summed E-state index contributed by atoms with van der Waals surface area (Å²) in [5.41, 5.74) is 1.89. The number of amides is 1. The van der Waals surface area contributed by atoms with Gasteiger partial charge >= 0.3 is 0 Å². The molecule has 1 amide bonds. The van der Waals surface area contributed by atoms with Gasteiger partial charge in [0.05, 0.1) is 6.61 Å². The third-order valence-electron chi connectivity index (χ3n) is 5.26. The first-order valence-corrected chi connectivity index (χ1v) is 12.0. The topological polar surface area (TPSA) is 119 Å². The molecule has 10 nitrogen and oxygen atoms in total. The molecule has 0 unspecified atom stereocenters. The molecule has 2 aromatic heterocycles. The molecule has 0 saturated carbocycles. The van der Waals surface area contributed by atoms with Gasteiger partial charge in [0.25, 0.3) is 11.7 Å². The SMILES string of the molecule is CCOc1ccc(NC(=O)c2nc3nc(C)cc(C)n3n2)cc1S(=O)(=O)N1CCCCC1. The van der Waals surface area contributed by atoms with Crippen LogP contribution in [0, 0.1) is 13.8 Å². The van der Waals surface area contributed by atoms with Gasteiger partial charge in [-0.3, -0.25) is 4.79 Å². The van der Waals surface area contributed by atoms with E-state index in [9.17, 15) is 13.2 Å². The lowest BCUT2D eigenvalue weighted by atomic mass is 10.2. The first-order chi connectivity index (χ1) is 15.3. The van der Waals surface area contributed by atoms with Gasteiger partial charge in [-0.2, -0.15) is 9.29 Å². The number of hydrogen-bond acceptors (Lipinski definition) is 7. The lowest BCUT2D eigenvalue weighted by molar-refractivity contribution is 0.101. The molecule has 0 spiro atoms. The molecule has 3 heterocycles. The van der Waals surface area contributed by atoms with Gasteiger partial charge in [-0.1, -0.05) is 6.42 Å². The zero-order chi connectivity index (χ0) is 22.9. The van der Waals surface area contributed by atoms with Crippen molar-refractivity contribution < 1.29 is 17.9 Å². The average molecular weight is 459 g/mol. The predicted octanol–water partition coefficient (Wildman–Crippen LogP) is 2.57. The summed E-state index contributed by atoms with van der Waals surface area (Å²) in [4.78, 5) is 21.3. The second-order valence-electron chi connectivity index (χ2n) is 7.70. The molecule has 1 N–H and O–H groups in total. The highest BCUT2D eigenvalue weighted by Crippen LogP contribution is 2.31. The summed E-state index contributed by atoms with van der Waals surface area (Å²) in [6.45, 7) is 6.75. The summed E-state index contributed by atoms with van der Waals surface area (Å²) >= 11 is 0. The van der Waals surface area contributed by atoms with Gasteiger partial charge in [-0.15, -0.1) is 5.10 Å². The van der Waals surface area contributed by atoms with Crippen molar-refractivity contribution in [3.63, 3.8) is 0 Å². The third-order valence-corrected chi connectivity index (χ3v) is 7.18. The van der Waals surface area contributed by atoms with E-state index in [0.29, 0.717) is 31.2 Å². The van der Waals surface area contributed by atoms with Crippen LogP contribution < -0.4 is 10.1 Å². The zero-order valence-electron chi connectivity index (χ0n) is 18.3. The van der Waals surface area contributed by atoms with Crippen molar-refractivity contribution in [1.82, 2.24) is 23.9 Å². The first kappa shape index (κ1) is 22.2. The highest BCUT2D eigenvalue weighted by molar-refractivity contribution is 7.89. The van der Waals surface area contributed by atoms with Crippen LogP contribution in [0.5, 0.6) is 5.75 Å². The smallest absolute Gasteiger partial charge is 0.295 e. The normalized spacial score (nSPS) is 15.1. The van der Waals surface area contributed by atoms with Crippen molar-refractivity contribution in [3.05, 3.63) is 41.5 Å². The number of benzene rings is 1. The number of rotatable bonds is 6. The van der Waals surface area contributed by atoms with Gasteiger partial charge < -0.3 is 10.1 Å². The number of nitrogens with zero attached hydrogens (tertiary/aromatic N) is 5. The Kier molecular flexibility index (Phi) is 6.11. The second-order valence-corrected chi connectivity index (χ2v) is 9.61. The van der Waals surface area contributed by atoms with Crippen molar-refractivity contribution in [2.45, 2.75) is 44.9 Å². The molecule has 1 saturated heterocycles. The number of sulfonamides is 1. The molecule has 0 bridgehead atoms. The molecular formula is C21H26N6O4S. The van der Waals surface area contributed by atoms with Gasteiger partial charge in [0, 0.05) is 30.2 Å². The van der Waals surface area contributed by atoms with Crippen LogP contribution in [0.1, 0.15) is 48.2 Å². The molecule has 3 aromatic rings. The quantitative estimate of drug-likeness (QED) is 0.603. The Morgan fingerprint density at radius 2 is 1.88 bits per heavy atom. The summed E-state index contributed by atoms with van der Waals surface area (Å²) in [6.07, 6.45) is 2.67. The van der Waals surface area contributed by atoms with E-state index in [1.54, 1.807) is 19.1 Å². The Labute approximate surface area is 186 Å². The van der Waals surface area contributed by atoms with Crippen LogP contribution in [-0.4, -0.2) is 57.9 Å². The Balaban J connectivity index is 1.65. The molecule has 4 rings (SSSR count). The van der Waals surface area contributed by atoms with E-state index in [4.69, 9.17) is 4.74 Å². The Morgan fingerprint density at radius 3 is 2.59 bits per heavy atom. The third kappa shape index (κ3) is 4.30. The number of anilines is 1. The van der Waals surface area contributed by atoms with Crippen molar-refractivity contribution in [2.75, 3.05) is 25.0 Å². The van der Waals surface area contributed by atoms with Gasteiger partial charge in [0.1, 0.15) is 10.6 Å². The lowest BCUT2D eigenvalue weighted by Gasteiger charge is -2.26. The van der Waals surface area contributed by atoms with Crippen LogP contribution in [0.15, 0.2) is 29.2 Å². The van der Waals surface area contributed by atoms with E-state index >= 15 is 0 Å². The van der Waals surface area contributed by atoms with E-state index in [1.165, 1.54) is 14.9 Å². The molecular weight excluding hydrogens is 432 g/mol. The van der Waals surface area contributed by atoms with Crippen LogP contribution in [0.25, 0.3) is 5.78 Å². The molecule has 32 heavy (non-hydrogen) atoms. The van der Waals surface area contributed by atoms with E-state index in [-0.39, 0.29) is 16.5 Å². The molecule has 0 atom stereocenters. The number of ether oxygens (including phenoxy) is 1. The number of aromatic nitrogens is 4. The van der Waals surface area contributed by atoms with Crippen LogP contribution in [0.3, 0.4) is 0 Å². The number of nitrogens with one attached hydrogen (secondary N) is 1. The Bertz CT molecular complexity index is 1260. The molecule has 11 heteroatoms. The van der Waals surface area contributed by atoms with E-state index < -0.39 is 15.9 Å². The Morgan fingerprint density at radius 1 is 1.12 bits per heavy atom. The molecule has 1 fully saturated rings. The second kappa shape index (κ2) is 8.83. The van der Waals surface area contributed by atoms with Crippen molar-refractivity contribution in [1.29, 1.82) is 0 Å². The van der Waals surface area contributed by atoms with Gasteiger partial charge in [-0.05, 0) is 57.9 Å². The fourth-order valence-electron chi connectivity index (χ4n) is 3.76. The number of fused-ring (bicyclic) bond motifs is 1. The lowest BCUT2D eigenvalue weighted by Crippen LogP contribution is -2.35. The minimum atomic E-state index is -3.76. The summed E-state index contributed by atoms with van der Waals surface area (Å²) in [5, 5.41) is 6.92. The molecule has 1 aromatic carbocycles. The monoisotopic (exact) mass is 458 g/mol. The number of carbonyl (C=O) groups excluding carboxylic acids is 1. The summed E-state index contributed by atoms with van der Waals surface area (Å²) in [7, 11) is -3.76. The first-order valence-electron chi connectivity index (χ1n) is 10.6. The van der Waals surface area contributed by atoms with E-state index in [2.05, 4.69) is 20.4 Å². The van der Waals surface area contributed by atoms with Crippen molar-refractivity contribution >= 4 is 27.4 Å².